The maximum Gasteiger partial charge on any atom is 0.232 e. The molecule has 0 amide bonds. The minimum Gasteiger partial charge on any atom is -0.381 e. The highest BCUT2D eigenvalue weighted by atomic mass is 32.2. The molecule has 3 unspecified atom stereocenters. The summed E-state index contributed by atoms with van der Waals surface area (Å²) in [7, 11) is 2.00. The Hall–Kier alpha value is -0.590. The minimum atomic E-state index is 0.318. The first-order valence-electron chi connectivity index (χ1n) is 6.54. The molecule has 6 heteroatoms. The van der Waals surface area contributed by atoms with Gasteiger partial charge in [0.1, 0.15) is 0 Å². The summed E-state index contributed by atoms with van der Waals surface area (Å²) in [6, 6.07) is 0.450. The van der Waals surface area contributed by atoms with Crippen LogP contribution in [-0.4, -0.2) is 47.9 Å². The third-order valence-electron chi connectivity index (χ3n) is 3.75. The molecule has 2 aliphatic rings. The Bertz CT molecular complexity index is 392. The highest BCUT2D eigenvalue weighted by Gasteiger charge is 2.33. The molecule has 1 aromatic rings. The lowest BCUT2D eigenvalue weighted by molar-refractivity contribution is 0.0773. The van der Waals surface area contributed by atoms with Crippen molar-refractivity contribution in [1.29, 1.82) is 0 Å². The molecule has 2 fully saturated rings. The van der Waals surface area contributed by atoms with Crippen molar-refractivity contribution in [3.8, 4) is 0 Å². The van der Waals surface area contributed by atoms with Gasteiger partial charge in [-0.1, -0.05) is 5.16 Å². The molecular formula is C12H19N3O2S. The number of likely N-dealkylation sites (N-methyl/N-ethyl adjacent to an activating group) is 1. The Morgan fingerprint density at radius 2 is 2.33 bits per heavy atom. The molecule has 18 heavy (non-hydrogen) atoms. The first-order chi connectivity index (χ1) is 8.88. The molecule has 0 radical (unpaired) electrons. The van der Waals surface area contributed by atoms with Crippen molar-refractivity contribution >= 4 is 11.8 Å². The highest BCUT2D eigenvalue weighted by Crippen LogP contribution is 2.33. The van der Waals surface area contributed by atoms with Crippen LogP contribution in [0.2, 0.25) is 0 Å². The summed E-state index contributed by atoms with van der Waals surface area (Å²) in [5, 5.41) is 7.48. The van der Waals surface area contributed by atoms with Crippen LogP contribution >= 0.6 is 11.8 Å². The predicted molar refractivity (Wildman–Crippen MR) is 70.0 cm³/mol. The fourth-order valence-corrected chi connectivity index (χ4v) is 4.01. The van der Waals surface area contributed by atoms with Gasteiger partial charge in [0.2, 0.25) is 5.89 Å². The van der Waals surface area contributed by atoms with Crippen LogP contribution in [0.4, 0.5) is 0 Å². The van der Waals surface area contributed by atoms with Crippen molar-refractivity contribution in [2.24, 2.45) is 0 Å². The fourth-order valence-electron chi connectivity index (χ4n) is 2.59. The fraction of sp³-hybridized carbons (Fsp3) is 0.833. The molecule has 2 aliphatic heterocycles. The molecule has 1 aromatic heterocycles. The van der Waals surface area contributed by atoms with Gasteiger partial charge in [0.05, 0.1) is 12.5 Å². The molecule has 1 N–H and O–H groups in total. The normalized spacial score (nSPS) is 32.8. The summed E-state index contributed by atoms with van der Waals surface area (Å²) in [4.78, 5) is 4.60. The van der Waals surface area contributed by atoms with Crippen molar-refractivity contribution in [1.82, 2.24) is 15.5 Å². The summed E-state index contributed by atoms with van der Waals surface area (Å²) in [5.74, 6) is 4.47. The van der Waals surface area contributed by atoms with E-state index in [1.54, 1.807) is 0 Å². The number of hydrogen-bond acceptors (Lipinski definition) is 6. The van der Waals surface area contributed by atoms with Gasteiger partial charge in [-0.25, -0.2) is 0 Å². The van der Waals surface area contributed by atoms with Gasteiger partial charge in [-0.2, -0.15) is 16.7 Å². The average molecular weight is 269 g/mol. The van der Waals surface area contributed by atoms with Gasteiger partial charge in [-0.15, -0.1) is 0 Å². The first kappa shape index (κ1) is 12.4. The monoisotopic (exact) mass is 269 g/mol. The van der Waals surface area contributed by atoms with Crippen molar-refractivity contribution < 1.29 is 9.26 Å². The second-order valence-corrected chi connectivity index (χ2v) is 6.02. The van der Waals surface area contributed by atoms with E-state index in [1.165, 1.54) is 0 Å². The maximum absolute atomic E-state index is 5.48. The largest absolute Gasteiger partial charge is 0.381 e. The van der Waals surface area contributed by atoms with Crippen LogP contribution in [0.5, 0.6) is 0 Å². The lowest BCUT2D eigenvalue weighted by atomic mass is 10.0. The van der Waals surface area contributed by atoms with E-state index in [9.17, 15) is 0 Å². The molecule has 0 aromatic carbocycles. The van der Waals surface area contributed by atoms with Crippen LogP contribution in [-0.2, 0) is 4.74 Å². The smallest absolute Gasteiger partial charge is 0.232 e. The molecule has 0 saturated carbocycles. The summed E-state index contributed by atoms with van der Waals surface area (Å²) < 4.78 is 10.9. The zero-order valence-electron chi connectivity index (χ0n) is 10.6. The highest BCUT2D eigenvalue weighted by molar-refractivity contribution is 7.99. The van der Waals surface area contributed by atoms with E-state index < -0.39 is 0 Å². The zero-order chi connectivity index (χ0) is 12.4. The minimum absolute atomic E-state index is 0.318. The molecule has 0 spiro atoms. The van der Waals surface area contributed by atoms with Crippen LogP contribution in [0.25, 0.3) is 0 Å². The van der Waals surface area contributed by atoms with Crippen LogP contribution in [0, 0.1) is 0 Å². The standard InChI is InChI=1S/C12H19N3O2S/c1-13-10-7-18-6-9(10)12-14-11(15-17-12)8-3-2-4-16-5-8/h8-10,13H,2-7H2,1H3. The quantitative estimate of drug-likeness (QED) is 0.894. The number of nitrogens with zero attached hydrogens (tertiary/aromatic N) is 2. The van der Waals surface area contributed by atoms with E-state index in [1.807, 2.05) is 18.8 Å². The third-order valence-corrected chi connectivity index (χ3v) is 4.94. The number of aromatic nitrogens is 2. The van der Waals surface area contributed by atoms with E-state index >= 15 is 0 Å². The Kier molecular flexibility index (Phi) is 3.86. The van der Waals surface area contributed by atoms with Gasteiger partial charge in [0, 0.05) is 30.1 Å². The number of nitrogens with one attached hydrogen (secondary N) is 1. The topological polar surface area (TPSA) is 60.2 Å². The second kappa shape index (κ2) is 5.59. The molecule has 100 valence electrons. The van der Waals surface area contributed by atoms with E-state index in [0.717, 1.165) is 49.3 Å². The Labute approximate surface area is 111 Å². The van der Waals surface area contributed by atoms with Gasteiger partial charge in [-0.3, -0.25) is 0 Å². The molecule has 3 atom stereocenters. The van der Waals surface area contributed by atoms with Gasteiger partial charge in [-0.05, 0) is 19.9 Å². The maximum atomic E-state index is 5.48. The number of rotatable bonds is 3. The second-order valence-electron chi connectivity index (χ2n) is 4.94. The summed E-state index contributed by atoms with van der Waals surface area (Å²) in [6.07, 6.45) is 2.20. The van der Waals surface area contributed by atoms with Gasteiger partial charge < -0.3 is 14.6 Å². The summed E-state index contributed by atoms with van der Waals surface area (Å²) in [5.41, 5.74) is 0. The molecule has 0 bridgehead atoms. The Balaban J connectivity index is 1.72. The molecule has 3 heterocycles. The predicted octanol–water partition coefficient (Wildman–Crippen LogP) is 1.38. The summed E-state index contributed by atoms with van der Waals surface area (Å²) >= 11 is 1.94. The van der Waals surface area contributed by atoms with Crippen LogP contribution in [0.15, 0.2) is 4.52 Å². The molecule has 5 nitrogen and oxygen atoms in total. The van der Waals surface area contributed by atoms with Crippen LogP contribution in [0.1, 0.15) is 36.4 Å². The van der Waals surface area contributed by atoms with Crippen molar-refractivity contribution in [3.63, 3.8) is 0 Å². The third kappa shape index (κ3) is 2.41. The Morgan fingerprint density at radius 3 is 3.11 bits per heavy atom. The SMILES string of the molecule is CNC1CSCC1c1nc(C2CCCOC2)no1. The number of hydrogen-bond donors (Lipinski definition) is 1. The zero-order valence-corrected chi connectivity index (χ0v) is 11.4. The van der Waals surface area contributed by atoms with Crippen molar-refractivity contribution in [2.75, 3.05) is 31.8 Å². The van der Waals surface area contributed by atoms with E-state index in [2.05, 4.69) is 15.5 Å². The lowest BCUT2D eigenvalue weighted by Gasteiger charge is -2.18. The van der Waals surface area contributed by atoms with Crippen LogP contribution < -0.4 is 5.32 Å². The van der Waals surface area contributed by atoms with E-state index in [0.29, 0.717) is 17.9 Å². The first-order valence-corrected chi connectivity index (χ1v) is 7.70. The van der Waals surface area contributed by atoms with Gasteiger partial charge in [0.15, 0.2) is 5.82 Å². The van der Waals surface area contributed by atoms with E-state index in [4.69, 9.17) is 9.26 Å². The van der Waals surface area contributed by atoms with Crippen molar-refractivity contribution in [2.45, 2.75) is 30.7 Å². The number of thioether (sulfide) groups is 1. The van der Waals surface area contributed by atoms with Gasteiger partial charge >= 0.3 is 0 Å². The van der Waals surface area contributed by atoms with Gasteiger partial charge in [0.25, 0.3) is 0 Å². The van der Waals surface area contributed by atoms with E-state index in [-0.39, 0.29) is 0 Å². The number of ether oxygens (including phenoxy) is 1. The molecular weight excluding hydrogens is 250 g/mol. The molecule has 3 rings (SSSR count). The Morgan fingerprint density at radius 1 is 1.39 bits per heavy atom. The van der Waals surface area contributed by atoms with Crippen LogP contribution in [0.3, 0.4) is 0 Å². The summed E-state index contributed by atoms with van der Waals surface area (Å²) in [6.45, 7) is 1.59. The average Bonchev–Trinajstić information content (AvgIpc) is 3.08. The lowest BCUT2D eigenvalue weighted by Crippen LogP contribution is -2.31. The molecule has 0 aliphatic carbocycles. The molecule has 2 saturated heterocycles. The van der Waals surface area contributed by atoms with Crippen molar-refractivity contribution in [3.05, 3.63) is 11.7 Å².